The molecule has 0 spiro atoms. The lowest BCUT2D eigenvalue weighted by Gasteiger charge is -2.38. The molecule has 1 aliphatic rings. The zero-order valence-corrected chi connectivity index (χ0v) is 14.5. The normalized spacial score (nSPS) is 14.5. The van der Waals surface area contributed by atoms with Crippen LogP contribution in [0.15, 0.2) is 24.5 Å². The van der Waals surface area contributed by atoms with Gasteiger partial charge in [-0.25, -0.2) is 19.0 Å². The van der Waals surface area contributed by atoms with Crippen molar-refractivity contribution in [2.45, 2.75) is 20.4 Å². The van der Waals surface area contributed by atoms with E-state index in [0.717, 1.165) is 0 Å². The summed E-state index contributed by atoms with van der Waals surface area (Å²) in [6.07, 6.45) is 1.48. The maximum Gasteiger partial charge on any atom is 0.231 e. The Labute approximate surface area is 149 Å². The van der Waals surface area contributed by atoms with Gasteiger partial charge in [0.25, 0.3) is 0 Å². The van der Waals surface area contributed by atoms with E-state index < -0.39 is 0 Å². The zero-order valence-electron chi connectivity index (χ0n) is 14.5. The highest BCUT2D eigenvalue weighted by molar-refractivity contribution is 5.95. The Bertz CT molecular complexity index is 980. The lowest BCUT2D eigenvalue weighted by Crippen LogP contribution is -2.52. The van der Waals surface area contributed by atoms with Gasteiger partial charge in [0.2, 0.25) is 5.91 Å². The van der Waals surface area contributed by atoms with E-state index in [4.69, 9.17) is 0 Å². The minimum atomic E-state index is -0.333. The topological polar surface area (TPSA) is 88.8 Å². The van der Waals surface area contributed by atoms with Crippen molar-refractivity contribution in [3.05, 3.63) is 35.9 Å². The molecule has 1 aliphatic heterocycles. The number of aromatic nitrogens is 5. The Morgan fingerprint density at radius 3 is 2.88 bits per heavy atom. The van der Waals surface area contributed by atoms with E-state index in [9.17, 15) is 9.18 Å². The van der Waals surface area contributed by atoms with Crippen molar-refractivity contribution in [1.29, 1.82) is 0 Å². The smallest absolute Gasteiger partial charge is 0.231 e. The maximum absolute atomic E-state index is 13.6. The van der Waals surface area contributed by atoms with Gasteiger partial charge in [0.1, 0.15) is 12.1 Å². The van der Waals surface area contributed by atoms with Crippen molar-refractivity contribution in [2.75, 3.05) is 23.3 Å². The summed E-state index contributed by atoms with van der Waals surface area (Å²) in [5, 5.41) is 11.0. The number of nitrogens with zero attached hydrogens (tertiary/aromatic N) is 6. The van der Waals surface area contributed by atoms with Crippen molar-refractivity contribution in [1.82, 2.24) is 25.0 Å². The summed E-state index contributed by atoms with van der Waals surface area (Å²) < 4.78 is 15.3. The summed E-state index contributed by atoms with van der Waals surface area (Å²) in [4.78, 5) is 22.8. The van der Waals surface area contributed by atoms with Crippen molar-refractivity contribution >= 4 is 28.6 Å². The zero-order chi connectivity index (χ0) is 18.3. The lowest BCUT2D eigenvalue weighted by molar-refractivity contribution is -0.120. The van der Waals surface area contributed by atoms with Crippen molar-refractivity contribution in [3.8, 4) is 0 Å². The molecular weight excluding hydrogens is 337 g/mol. The Morgan fingerprint density at radius 1 is 1.35 bits per heavy atom. The number of aryl methyl sites for hydroxylation is 2. The quantitative estimate of drug-likeness (QED) is 0.767. The van der Waals surface area contributed by atoms with Crippen LogP contribution in [0, 0.1) is 18.7 Å². The van der Waals surface area contributed by atoms with E-state index >= 15 is 0 Å². The number of benzene rings is 1. The number of fused-ring (bicyclic) bond motifs is 1. The van der Waals surface area contributed by atoms with Gasteiger partial charge in [-0.3, -0.25) is 4.79 Å². The van der Waals surface area contributed by atoms with E-state index in [-0.39, 0.29) is 17.6 Å². The van der Waals surface area contributed by atoms with E-state index in [1.54, 1.807) is 23.7 Å². The summed E-state index contributed by atoms with van der Waals surface area (Å²) in [6.45, 7) is 5.36. The molecule has 0 unspecified atom stereocenters. The first-order valence-electron chi connectivity index (χ1n) is 8.43. The summed E-state index contributed by atoms with van der Waals surface area (Å²) in [5.41, 5.74) is 2.33. The third-order valence-corrected chi connectivity index (χ3v) is 4.57. The van der Waals surface area contributed by atoms with Crippen molar-refractivity contribution in [2.24, 2.45) is 5.92 Å². The van der Waals surface area contributed by atoms with Gasteiger partial charge < -0.3 is 10.2 Å². The standard InChI is InChI=1S/C17H18FN7O/c1-3-25-16-14(22-23-25)15(19-9-20-16)24-7-11(8-24)17(26)21-12-5-4-10(2)13(18)6-12/h4-6,9,11H,3,7-8H2,1-2H3,(H,21,26). The fourth-order valence-electron chi connectivity index (χ4n) is 2.96. The second kappa shape index (κ2) is 6.32. The molecule has 0 saturated carbocycles. The molecule has 9 heteroatoms. The molecule has 4 rings (SSSR count). The minimum Gasteiger partial charge on any atom is -0.353 e. The molecule has 0 atom stereocenters. The Balaban J connectivity index is 1.44. The van der Waals surface area contributed by atoms with Gasteiger partial charge in [-0.2, -0.15) is 0 Å². The molecule has 134 valence electrons. The van der Waals surface area contributed by atoms with Crippen molar-refractivity contribution < 1.29 is 9.18 Å². The van der Waals surface area contributed by atoms with Gasteiger partial charge in [-0.1, -0.05) is 11.3 Å². The number of amides is 1. The van der Waals surface area contributed by atoms with Gasteiger partial charge >= 0.3 is 0 Å². The molecule has 26 heavy (non-hydrogen) atoms. The second-order valence-corrected chi connectivity index (χ2v) is 6.33. The number of hydrogen-bond acceptors (Lipinski definition) is 6. The predicted octanol–water partition coefficient (Wildman–Crippen LogP) is 1.76. The highest BCUT2D eigenvalue weighted by atomic mass is 19.1. The summed E-state index contributed by atoms with van der Waals surface area (Å²) in [6, 6.07) is 4.68. The first-order chi connectivity index (χ1) is 12.6. The average Bonchev–Trinajstić information content (AvgIpc) is 3.01. The second-order valence-electron chi connectivity index (χ2n) is 6.33. The molecule has 3 aromatic rings. The van der Waals surface area contributed by atoms with Crippen LogP contribution in [0.2, 0.25) is 0 Å². The van der Waals surface area contributed by atoms with Gasteiger partial charge in [0, 0.05) is 25.3 Å². The van der Waals surface area contributed by atoms with Gasteiger partial charge in [0.15, 0.2) is 17.0 Å². The molecule has 0 radical (unpaired) electrons. The molecule has 1 fully saturated rings. The summed E-state index contributed by atoms with van der Waals surface area (Å²) >= 11 is 0. The van der Waals surface area contributed by atoms with E-state index in [0.29, 0.717) is 47.9 Å². The third kappa shape index (κ3) is 2.75. The highest BCUT2D eigenvalue weighted by Crippen LogP contribution is 2.28. The van der Waals surface area contributed by atoms with E-state index in [1.165, 1.54) is 12.4 Å². The number of anilines is 2. The van der Waals surface area contributed by atoms with E-state index in [2.05, 4.69) is 25.6 Å². The average molecular weight is 355 g/mol. The van der Waals surface area contributed by atoms with Crippen LogP contribution in [0.25, 0.3) is 11.2 Å². The molecule has 8 nitrogen and oxygen atoms in total. The molecule has 1 amide bonds. The number of rotatable bonds is 4. The first kappa shape index (κ1) is 16.4. The summed E-state index contributed by atoms with van der Waals surface area (Å²) in [5.74, 6) is 0.0261. The SMILES string of the molecule is CCn1nnc2c(N3CC(C(=O)Nc4ccc(C)c(F)c4)C3)ncnc21. The number of carbonyl (C=O) groups excluding carboxylic acids is 1. The molecular formula is C17H18FN7O. The minimum absolute atomic E-state index is 0.132. The van der Waals surface area contributed by atoms with Crippen LogP contribution in [0.3, 0.4) is 0 Å². The maximum atomic E-state index is 13.6. The van der Waals surface area contributed by atoms with Crippen LogP contribution in [0.1, 0.15) is 12.5 Å². The third-order valence-electron chi connectivity index (χ3n) is 4.57. The Kier molecular flexibility index (Phi) is 3.98. The molecule has 1 saturated heterocycles. The van der Waals surface area contributed by atoms with Crippen LogP contribution in [0.5, 0.6) is 0 Å². The molecule has 2 aromatic heterocycles. The lowest BCUT2D eigenvalue weighted by atomic mass is 9.99. The Morgan fingerprint density at radius 2 is 2.15 bits per heavy atom. The molecule has 0 bridgehead atoms. The van der Waals surface area contributed by atoms with Crippen LogP contribution in [-0.2, 0) is 11.3 Å². The number of halogens is 1. The van der Waals surface area contributed by atoms with Crippen molar-refractivity contribution in [3.63, 3.8) is 0 Å². The van der Waals surface area contributed by atoms with Crippen LogP contribution in [-0.4, -0.2) is 44.0 Å². The fourth-order valence-corrected chi connectivity index (χ4v) is 2.96. The van der Waals surface area contributed by atoms with Gasteiger partial charge in [-0.05, 0) is 31.5 Å². The molecule has 1 aromatic carbocycles. The number of nitrogens with one attached hydrogen (secondary N) is 1. The molecule has 0 aliphatic carbocycles. The Hall–Kier alpha value is -3.10. The molecule has 3 heterocycles. The van der Waals surface area contributed by atoms with Crippen LogP contribution < -0.4 is 10.2 Å². The summed E-state index contributed by atoms with van der Waals surface area (Å²) in [7, 11) is 0. The monoisotopic (exact) mass is 355 g/mol. The molecule has 1 N–H and O–H groups in total. The number of carbonyl (C=O) groups is 1. The first-order valence-corrected chi connectivity index (χ1v) is 8.43. The largest absolute Gasteiger partial charge is 0.353 e. The van der Waals surface area contributed by atoms with E-state index in [1.807, 2.05) is 11.8 Å². The van der Waals surface area contributed by atoms with Gasteiger partial charge in [-0.15, -0.1) is 5.10 Å². The predicted molar refractivity (Wildman–Crippen MR) is 94.3 cm³/mol. The fraction of sp³-hybridized carbons (Fsp3) is 0.353. The van der Waals surface area contributed by atoms with Crippen LogP contribution >= 0.6 is 0 Å². The van der Waals surface area contributed by atoms with Gasteiger partial charge in [0.05, 0.1) is 5.92 Å². The highest BCUT2D eigenvalue weighted by Gasteiger charge is 2.35. The number of hydrogen-bond donors (Lipinski definition) is 1. The van der Waals surface area contributed by atoms with Crippen LogP contribution in [0.4, 0.5) is 15.9 Å².